The number of amides is 1. The molecule has 2 rings (SSSR count). The Labute approximate surface area is 137 Å². The molecule has 1 N–H and O–H groups in total. The van der Waals surface area contributed by atoms with E-state index in [4.69, 9.17) is 9.47 Å². The number of hydrogen-bond donors (Lipinski definition) is 1. The van der Waals surface area contributed by atoms with Crippen molar-refractivity contribution in [3.05, 3.63) is 54.1 Å². The van der Waals surface area contributed by atoms with Crippen LogP contribution in [0.15, 0.2) is 48.5 Å². The zero-order chi connectivity index (χ0) is 16.5. The average molecular weight is 313 g/mol. The Balaban J connectivity index is 1.79. The average Bonchev–Trinajstić information content (AvgIpc) is 2.60. The van der Waals surface area contributed by atoms with Gasteiger partial charge in [-0.1, -0.05) is 25.5 Å². The topological polar surface area (TPSA) is 47.6 Å². The second-order valence-electron chi connectivity index (χ2n) is 5.31. The van der Waals surface area contributed by atoms with Crippen LogP contribution in [0.5, 0.6) is 11.5 Å². The third-order valence-electron chi connectivity index (χ3n) is 3.49. The van der Waals surface area contributed by atoms with E-state index < -0.39 is 0 Å². The molecule has 4 heteroatoms. The van der Waals surface area contributed by atoms with Gasteiger partial charge in [-0.25, -0.2) is 0 Å². The molecule has 0 spiro atoms. The minimum atomic E-state index is -0.179. The molecular weight excluding hydrogens is 290 g/mol. The molecule has 0 saturated heterocycles. The normalized spacial score (nSPS) is 10.2. The molecule has 0 aromatic heterocycles. The van der Waals surface area contributed by atoms with E-state index >= 15 is 0 Å². The van der Waals surface area contributed by atoms with Gasteiger partial charge in [-0.05, 0) is 54.8 Å². The summed E-state index contributed by atoms with van der Waals surface area (Å²) >= 11 is 0. The van der Waals surface area contributed by atoms with E-state index in [-0.39, 0.29) is 12.5 Å². The monoisotopic (exact) mass is 313 g/mol. The van der Waals surface area contributed by atoms with E-state index in [0.29, 0.717) is 5.75 Å². The van der Waals surface area contributed by atoms with Gasteiger partial charge in [0.05, 0.1) is 7.11 Å². The summed E-state index contributed by atoms with van der Waals surface area (Å²) in [4.78, 5) is 11.9. The molecule has 0 aliphatic heterocycles. The van der Waals surface area contributed by atoms with Gasteiger partial charge in [-0.2, -0.15) is 0 Å². The Bertz CT molecular complexity index is 606. The first kappa shape index (κ1) is 16.9. The Hall–Kier alpha value is -2.49. The van der Waals surface area contributed by atoms with Gasteiger partial charge in [-0.3, -0.25) is 4.79 Å². The summed E-state index contributed by atoms with van der Waals surface area (Å²) in [6.07, 6.45) is 3.44. The molecule has 0 aliphatic carbocycles. The van der Waals surface area contributed by atoms with Crippen molar-refractivity contribution in [1.82, 2.24) is 0 Å². The largest absolute Gasteiger partial charge is 0.497 e. The molecule has 0 atom stereocenters. The van der Waals surface area contributed by atoms with Gasteiger partial charge in [0.2, 0.25) is 0 Å². The second kappa shape index (κ2) is 8.83. The molecule has 122 valence electrons. The quantitative estimate of drug-likeness (QED) is 0.799. The lowest BCUT2D eigenvalue weighted by molar-refractivity contribution is -0.118. The van der Waals surface area contributed by atoms with Gasteiger partial charge in [0, 0.05) is 5.69 Å². The van der Waals surface area contributed by atoms with Gasteiger partial charge in [0.25, 0.3) is 5.91 Å². The van der Waals surface area contributed by atoms with E-state index in [9.17, 15) is 4.79 Å². The lowest BCUT2D eigenvalue weighted by atomic mass is 10.1. The van der Waals surface area contributed by atoms with Crippen LogP contribution in [0.2, 0.25) is 0 Å². The van der Waals surface area contributed by atoms with Crippen LogP contribution in [0.25, 0.3) is 0 Å². The smallest absolute Gasteiger partial charge is 0.262 e. The molecule has 0 bridgehead atoms. The van der Waals surface area contributed by atoms with Gasteiger partial charge in [-0.15, -0.1) is 0 Å². The van der Waals surface area contributed by atoms with Gasteiger partial charge in [0.15, 0.2) is 6.61 Å². The third-order valence-corrected chi connectivity index (χ3v) is 3.49. The number of unbranched alkanes of at least 4 members (excludes halogenated alkanes) is 1. The lowest BCUT2D eigenvalue weighted by Gasteiger charge is -2.09. The van der Waals surface area contributed by atoms with E-state index in [1.807, 2.05) is 12.1 Å². The van der Waals surface area contributed by atoms with E-state index in [1.54, 1.807) is 31.4 Å². The summed E-state index contributed by atoms with van der Waals surface area (Å²) < 4.78 is 10.5. The van der Waals surface area contributed by atoms with Crippen LogP contribution in [0.3, 0.4) is 0 Å². The maximum absolute atomic E-state index is 11.9. The zero-order valence-electron chi connectivity index (χ0n) is 13.7. The van der Waals surface area contributed by atoms with Gasteiger partial charge < -0.3 is 14.8 Å². The molecule has 0 heterocycles. The Morgan fingerprint density at radius 3 is 2.26 bits per heavy atom. The Morgan fingerprint density at radius 1 is 1.00 bits per heavy atom. The van der Waals surface area contributed by atoms with Crippen LogP contribution in [-0.4, -0.2) is 19.6 Å². The van der Waals surface area contributed by atoms with Crippen molar-refractivity contribution in [3.8, 4) is 11.5 Å². The summed E-state index contributed by atoms with van der Waals surface area (Å²) in [5.74, 6) is 1.21. The molecule has 23 heavy (non-hydrogen) atoms. The van der Waals surface area contributed by atoms with Crippen molar-refractivity contribution < 1.29 is 14.3 Å². The molecular formula is C19H23NO3. The van der Waals surface area contributed by atoms with Crippen molar-refractivity contribution in [2.24, 2.45) is 0 Å². The minimum absolute atomic E-state index is 0.0239. The summed E-state index contributed by atoms with van der Waals surface area (Å²) in [6, 6.07) is 15.1. The van der Waals surface area contributed by atoms with Crippen molar-refractivity contribution >= 4 is 11.6 Å². The number of benzene rings is 2. The van der Waals surface area contributed by atoms with Crippen molar-refractivity contribution in [2.45, 2.75) is 26.2 Å². The number of anilines is 1. The predicted molar refractivity (Wildman–Crippen MR) is 92.2 cm³/mol. The molecule has 0 aliphatic rings. The first-order valence-corrected chi connectivity index (χ1v) is 7.87. The highest BCUT2D eigenvalue weighted by Gasteiger charge is 2.04. The zero-order valence-corrected chi connectivity index (χ0v) is 13.7. The Kier molecular flexibility index (Phi) is 6.48. The highest BCUT2D eigenvalue weighted by atomic mass is 16.5. The molecule has 2 aromatic carbocycles. The Morgan fingerprint density at radius 2 is 1.65 bits per heavy atom. The first-order valence-electron chi connectivity index (χ1n) is 7.87. The van der Waals surface area contributed by atoms with Gasteiger partial charge in [0.1, 0.15) is 11.5 Å². The summed E-state index contributed by atoms with van der Waals surface area (Å²) in [5.41, 5.74) is 2.08. The SMILES string of the molecule is CCCCc1ccc(NC(=O)COc2ccc(OC)cc2)cc1. The molecule has 0 unspecified atom stereocenters. The van der Waals surface area contributed by atoms with Crippen LogP contribution >= 0.6 is 0 Å². The van der Waals surface area contributed by atoms with Gasteiger partial charge >= 0.3 is 0 Å². The maximum atomic E-state index is 11.9. The second-order valence-corrected chi connectivity index (χ2v) is 5.31. The minimum Gasteiger partial charge on any atom is -0.497 e. The third kappa shape index (κ3) is 5.66. The summed E-state index contributed by atoms with van der Waals surface area (Å²) in [6.45, 7) is 2.15. The predicted octanol–water partition coefficient (Wildman–Crippen LogP) is 4.06. The van der Waals surface area contributed by atoms with Crippen LogP contribution in [0.1, 0.15) is 25.3 Å². The first-order chi connectivity index (χ1) is 11.2. The molecule has 4 nitrogen and oxygen atoms in total. The van der Waals surface area contributed by atoms with Crippen LogP contribution < -0.4 is 14.8 Å². The number of carbonyl (C=O) groups is 1. The van der Waals surface area contributed by atoms with E-state index in [1.165, 1.54) is 18.4 Å². The van der Waals surface area contributed by atoms with Crippen molar-refractivity contribution in [1.29, 1.82) is 0 Å². The number of hydrogen-bond acceptors (Lipinski definition) is 3. The highest BCUT2D eigenvalue weighted by Crippen LogP contribution is 2.17. The fourth-order valence-electron chi connectivity index (χ4n) is 2.15. The van der Waals surface area contributed by atoms with Crippen molar-refractivity contribution in [3.63, 3.8) is 0 Å². The molecule has 1 amide bonds. The lowest BCUT2D eigenvalue weighted by Crippen LogP contribution is -2.20. The number of aryl methyl sites for hydroxylation is 1. The van der Waals surface area contributed by atoms with Crippen molar-refractivity contribution in [2.75, 3.05) is 19.0 Å². The fourth-order valence-corrected chi connectivity index (χ4v) is 2.15. The number of carbonyl (C=O) groups excluding carboxylic acids is 1. The summed E-state index contributed by atoms with van der Waals surface area (Å²) in [7, 11) is 1.61. The number of rotatable bonds is 8. The standard InChI is InChI=1S/C19H23NO3/c1-3-4-5-15-6-8-16(9-7-15)20-19(21)14-23-18-12-10-17(22-2)11-13-18/h6-13H,3-5,14H2,1-2H3,(H,20,21). The molecule has 0 fully saturated rings. The van der Waals surface area contributed by atoms with Crippen LogP contribution in [-0.2, 0) is 11.2 Å². The number of methoxy groups -OCH3 is 1. The maximum Gasteiger partial charge on any atom is 0.262 e. The summed E-state index contributed by atoms with van der Waals surface area (Å²) in [5, 5.41) is 2.83. The number of nitrogens with one attached hydrogen (secondary N) is 1. The van der Waals surface area contributed by atoms with Crippen LogP contribution in [0, 0.1) is 0 Å². The van der Waals surface area contributed by atoms with E-state index in [0.717, 1.165) is 17.9 Å². The molecule has 0 radical (unpaired) electrons. The van der Waals surface area contributed by atoms with Crippen LogP contribution in [0.4, 0.5) is 5.69 Å². The fraction of sp³-hybridized carbons (Fsp3) is 0.316. The molecule has 2 aromatic rings. The molecule has 0 saturated carbocycles. The van der Waals surface area contributed by atoms with E-state index in [2.05, 4.69) is 24.4 Å². The number of ether oxygens (including phenoxy) is 2. The highest BCUT2D eigenvalue weighted by molar-refractivity contribution is 5.91.